The second-order valence-corrected chi connectivity index (χ2v) is 6.60. The van der Waals surface area contributed by atoms with E-state index in [1.165, 1.54) is 5.38 Å². The van der Waals surface area contributed by atoms with Crippen LogP contribution in [-0.4, -0.2) is 79.1 Å². The zero-order valence-corrected chi connectivity index (χ0v) is 17.2. The van der Waals surface area contributed by atoms with Gasteiger partial charge in [0.25, 0.3) is 5.91 Å². The van der Waals surface area contributed by atoms with Crippen molar-refractivity contribution in [3.63, 3.8) is 0 Å². The Kier molecular flexibility index (Phi) is 8.06. The lowest BCUT2D eigenvalue weighted by Gasteiger charge is -2.34. The minimum Gasteiger partial charge on any atom is -0.467 e. The zero-order chi connectivity index (χ0) is 22.3. The molecule has 2 heterocycles. The number of carbonyl (C=O) groups excluding carboxylic acids is 5. The van der Waals surface area contributed by atoms with E-state index in [4.69, 9.17) is 16.4 Å². The van der Waals surface area contributed by atoms with Gasteiger partial charge in [-0.25, -0.2) is 14.6 Å². The van der Waals surface area contributed by atoms with E-state index in [0.29, 0.717) is 0 Å². The molecule has 2 atom stereocenters. The molecule has 0 aliphatic carbocycles. The van der Waals surface area contributed by atoms with Crippen LogP contribution in [0, 0.1) is 0 Å². The summed E-state index contributed by atoms with van der Waals surface area (Å²) in [6.45, 7) is -0.595. The van der Waals surface area contributed by atoms with Crippen LogP contribution in [0.25, 0.3) is 0 Å². The molecule has 162 valence electrons. The molecule has 15 heteroatoms. The predicted molar refractivity (Wildman–Crippen MR) is 102 cm³/mol. The average molecular weight is 462 g/mol. The van der Waals surface area contributed by atoms with Crippen molar-refractivity contribution in [1.29, 1.82) is 0 Å². The van der Waals surface area contributed by atoms with E-state index in [2.05, 4.69) is 35.6 Å². The number of aromatic nitrogens is 1. The molecule has 0 bridgehead atoms. The Morgan fingerprint density at radius 2 is 2.03 bits per heavy atom. The molecule has 1 aliphatic heterocycles. The quantitative estimate of drug-likeness (QED) is 0.128. The highest BCUT2D eigenvalue weighted by molar-refractivity contribution is 7.14. The summed E-state index contributed by atoms with van der Waals surface area (Å²) in [6, 6.07) is -2.28. The molecule has 2 rings (SSSR count). The normalized spacial score (nSPS) is 17.8. The monoisotopic (exact) mass is 461 g/mol. The number of carbonyl (C=O) groups is 5. The highest BCUT2D eigenvalue weighted by Crippen LogP contribution is 2.17. The van der Waals surface area contributed by atoms with Crippen LogP contribution in [0.5, 0.6) is 0 Å². The number of methoxy groups -OCH3 is 2. The van der Waals surface area contributed by atoms with Gasteiger partial charge < -0.3 is 30.3 Å². The predicted octanol–water partition coefficient (Wildman–Crippen LogP) is -1.63. The first-order valence-corrected chi connectivity index (χ1v) is 9.49. The molecule has 1 saturated heterocycles. The highest BCUT2D eigenvalue weighted by Gasteiger charge is 2.46. The molecule has 30 heavy (non-hydrogen) atoms. The fraction of sp³-hybridized carbons (Fsp3) is 0.400. The molecule has 2 unspecified atom stereocenters. The van der Waals surface area contributed by atoms with Gasteiger partial charge in [0.15, 0.2) is 16.9 Å². The number of nitrogens with zero attached hydrogens (tertiary/aromatic N) is 2. The maximum atomic E-state index is 12.7. The van der Waals surface area contributed by atoms with Crippen molar-refractivity contribution in [2.24, 2.45) is 5.16 Å². The Morgan fingerprint density at radius 1 is 1.30 bits per heavy atom. The van der Waals surface area contributed by atoms with Gasteiger partial charge in [-0.1, -0.05) is 5.16 Å². The molecule has 3 N–H and O–H groups in total. The maximum absolute atomic E-state index is 12.7. The Morgan fingerprint density at radius 3 is 2.63 bits per heavy atom. The Balaban J connectivity index is 2.20. The number of thiazole rings is 1. The molecule has 3 amide bonds. The number of oxime groups is 1. The number of esters is 2. The number of hydrogen-bond acceptors (Lipinski definition) is 11. The average Bonchev–Trinajstić information content (AvgIpc) is 3.19. The lowest BCUT2D eigenvalue weighted by Crippen LogP contribution is -2.72. The number of anilines is 1. The SMILES string of the molecule is COC(=O)CO/N=C(\C(=O)NC1C(=O)NC1C(=O)OC)c1csc(NC(=O)CCl)n1. The Hall–Kier alpha value is -3.26. The number of alkyl halides is 1. The van der Waals surface area contributed by atoms with Crippen molar-refractivity contribution in [2.45, 2.75) is 12.1 Å². The molecule has 0 radical (unpaired) electrons. The number of nitrogens with one attached hydrogen (secondary N) is 3. The third kappa shape index (κ3) is 5.64. The van der Waals surface area contributed by atoms with Crippen LogP contribution in [0.15, 0.2) is 10.5 Å². The van der Waals surface area contributed by atoms with E-state index in [1.54, 1.807) is 0 Å². The minimum absolute atomic E-state index is 0.0263. The van der Waals surface area contributed by atoms with E-state index in [1.807, 2.05) is 0 Å². The van der Waals surface area contributed by atoms with Gasteiger partial charge in [0.2, 0.25) is 18.4 Å². The van der Waals surface area contributed by atoms with Gasteiger partial charge in [0, 0.05) is 5.38 Å². The zero-order valence-electron chi connectivity index (χ0n) is 15.6. The Bertz CT molecular complexity index is 888. The molecular formula is C15H16ClN5O8S. The summed E-state index contributed by atoms with van der Waals surface area (Å²) in [4.78, 5) is 67.4. The van der Waals surface area contributed by atoms with Gasteiger partial charge >= 0.3 is 11.9 Å². The molecule has 1 fully saturated rings. The third-order valence-corrected chi connectivity index (χ3v) is 4.55. The van der Waals surface area contributed by atoms with Crippen LogP contribution < -0.4 is 16.0 Å². The van der Waals surface area contributed by atoms with Crippen molar-refractivity contribution in [1.82, 2.24) is 15.6 Å². The molecule has 1 aliphatic rings. The number of ether oxygens (including phenoxy) is 2. The van der Waals surface area contributed by atoms with Gasteiger partial charge in [-0.05, 0) is 0 Å². The van der Waals surface area contributed by atoms with Crippen LogP contribution >= 0.6 is 22.9 Å². The number of amides is 3. The van der Waals surface area contributed by atoms with Crippen LogP contribution in [-0.2, 0) is 38.3 Å². The molecule has 0 spiro atoms. The van der Waals surface area contributed by atoms with E-state index in [0.717, 1.165) is 25.6 Å². The lowest BCUT2D eigenvalue weighted by molar-refractivity contribution is -0.153. The minimum atomic E-state index is -1.20. The smallest absolute Gasteiger partial charge is 0.346 e. The summed E-state index contributed by atoms with van der Waals surface area (Å²) in [5.74, 6) is -3.86. The number of β-lactam (4-membered cyclic amide) rings is 1. The number of halogens is 1. The largest absolute Gasteiger partial charge is 0.467 e. The first-order valence-electron chi connectivity index (χ1n) is 8.08. The summed E-state index contributed by atoms with van der Waals surface area (Å²) in [5, 5.41) is 12.1. The first-order chi connectivity index (χ1) is 14.3. The molecule has 1 aromatic heterocycles. The van der Waals surface area contributed by atoms with Gasteiger partial charge in [-0.15, -0.1) is 22.9 Å². The van der Waals surface area contributed by atoms with Gasteiger partial charge in [0.1, 0.15) is 17.6 Å². The Labute approximate surface area is 178 Å². The van der Waals surface area contributed by atoms with E-state index >= 15 is 0 Å². The van der Waals surface area contributed by atoms with Gasteiger partial charge in [-0.2, -0.15) is 0 Å². The molecule has 0 aromatic carbocycles. The summed E-state index contributed by atoms with van der Waals surface area (Å²) >= 11 is 6.38. The van der Waals surface area contributed by atoms with Crippen molar-refractivity contribution in [3.8, 4) is 0 Å². The van der Waals surface area contributed by atoms with Crippen molar-refractivity contribution in [2.75, 3.05) is 32.0 Å². The second kappa shape index (κ2) is 10.5. The van der Waals surface area contributed by atoms with Crippen LogP contribution in [0.4, 0.5) is 5.13 Å². The van der Waals surface area contributed by atoms with Gasteiger partial charge in [0.05, 0.1) is 14.2 Å². The van der Waals surface area contributed by atoms with E-state index in [9.17, 15) is 24.0 Å². The van der Waals surface area contributed by atoms with Crippen molar-refractivity contribution < 1.29 is 38.3 Å². The maximum Gasteiger partial charge on any atom is 0.346 e. The molecular weight excluding hydrogens is 446 g/mol. The summed E-state index contributed by atoms with van der Waals surface area (Å²) in [5.41, 5.74) is -0.438. The molecule has 0 saturated carbocycles. The van der Waals surface area contributed by atoms with Crippen LogP contribution in [0.2, 0.25) is 0 Å². The summed E-state index contributed by atoms with van der Waals surface area (Å²) < 4.78 is 8.95. The summed E-state index contributed by atoms with van der Waals surface area (Å²) in [7, 11) is 2.27. The van der Waals surface area contributed by atoms with E-state index in [-0.39, 0.29) is 16.7 Å². The van der Waals surface area contributed by atoms with Gasteiger partial charge in [-0.3, -0.25) is 14.4 Å². The third-order valence-electron chi connectivity index (χ3n) is 3.55. The first kappa shape index (κ1) is 23.0. The topological polar surface area (TPSA) is 174 Å². The molecule has 1 aromatic rings. The van der Waals surface area contributed by atoms with Crippen molar-refractivity contribution in [3.05, 3.63) is 11.1 Å². The molecule has 13 nitrogen and oxygen atoms in total. The summed E-state index contributed by atoms with van der Waals surface area (Å²) in [6.07, 6.45) is 0. The fourth-order valence-electron chi connectivity index (χ4n) is 2.07. The van der Waals surface area contributed by atoms with E-state index < -0.39 is 54.1 Å². The van der Waals surface area contributed by atoms with Crippen LogP contribution in [0.3, 0.4) is 0 Å². The van der Waals surface area contributed by atoms with Crippen LogP contribution in [0.1, 0.15) is 5.69 Å². The number of hydrogen-bond donors (Lipinski definition) is 3. The highest BCUT2D eigenvalue weighted by atomic mass is 35.5. The van der Waals surface area contributed by atoms with Crippen molar-refractivity contribution >= 4 is 63.4 Å². The standard InChI is InChI=1S/C15H16ClN5O8S/c1-27-8(23)4-29-21-9(6-5-30-15(17-6)18-7(22)3-16)12(24)19-10-11(14(26)28-2)20-13(10)25/h5,10-11H,3-4H2,1-2H3,(H,19,24)(H,20,25)(H,17,18,22)/b21-9-. The fourth-order valence-corrected chi connectivity index (χ4v) is 2.85. The second-order valence-electron chi connectivity index (χ2n) is 5.47. The number of rotatable bonds is 9. The lowest BCUT2D eigenvalue weighted by atomic mass is 9.99.